The van der Waals surface area contributed by atoms with Crippen molar-refractivity contribution >= 4 is 37.8 Å². The quantitative estimate of drug-likeness (QED) is 0.804. The molecule has 9 heteroatoms. The van der Waals surface area contributed by atoms with E-state index in [0.29, 0.717) is 22.6 Å². The van der Waals surface area contributed by atoms with Crippen LogP contribution >= 0.6 is 22.7 Å². The molecule has 0 spiro atoms. The minimum absolute atomic E-state index is 0.297. The molecular formula is C12H18N4O2S3. The smallest absolute Gasteiger partial charge is 0.264 e. The Balaban J connectivity index is 2.17. The molecule has 2 rings (SSSR count). The molecule has 0 bridgehead atoms. The van der Waals surface area contributed by atoms with Gasteiger partial charge in [0, 0.05) is 17.5 Å². The number of rotatable bonds is 7. The first-order valence-electron chi connectivity index (χ1n) is 6.57. The molecule has 21 heavy (non-hydrogen) atoms. The Hall–Kier alpha value is -1.03. The van der Waals surface area contributed by atoms with Gasteiger partial charge in [-0.25, -0.2) is 8.42 Å². The van der Waals surface area contributed by atoms with Gasteiger partial charge in [0.15, 0.2) is 0 Å². The van der Waals surface area contributed by atoms with Gasteiger partial charge in [-0.2, -0.15) is 0 Å². The van der Waals surface area contributed by atoms with Gasteiger partial charge in [-0.3, -0.25) is 4.72 Å². The molecule has 0 radical (unpaired) electrons. The van der Waals surface area contributed by atoms with Gasteiger partial charge in [-0.1, -0.05) is 32.1 Å². The third-order valence-corrected chi connectivity index (χ3v) is 6.24. The number of nitrogens with zero attached hydrogens (tertiary/aromatic N) is 2. The first-order chi connectivity index (χ1) is 9.92. The maximum Gasteiger partial charge on any atom is 0.264 e. The molecule has 0 saturated carbocycles. The lowest BCUT2D eigenvalue weighted by molar-refractivity contribution is 0.581. The second-order valence-corrected chi connectivity index (χ2v) is 8.42. The SMILES string of the molecule is CCc1nnc(NS(=O)(=O)c2ccsc2CNC(C)C)s1. The first-order valence-corrected chi connectivity index (χ1v) is 9.75. The van der Waals surface area contributed by atoms with E-state index in [0.717, 1.165) is 16.3 Å². The van der Waals surface area contributed by atoms with Crippen LogP contribution in [0, 0.1) is 0 Å². The van der Waals surface area contributed by atoms with Gasteiger partial charge in [0.05, 0.1) is 0 Å². The summed E-state index contributed by atoms with van der Waals surface area (Å²) in [5, 5.41) is 13.9. The van der Waals surface area contributed by atoms with Gasteiger partial charge < -0.3 is 5.32 Å². The Kier molecular flexibility index (Phi) is 5.31. The van der Waals surface area contributed by atoms with E-state index in [1.807, 2.05) is 20.8 Å². The van der Waals surface area contributed by atoms with Crippen molar-refractivity contribution in [3.05, 3.63) is 21.3 Å². The van der Waals surface area contributed by atoms with Crippen molar-refractivity contribution in [2.24, 2.45) is 0 Å². The number of aryl methyl sites for hydroxylation is 1. The number of thiophene rings is 1. The molecule has 0 atom stereocenters. The van der Waals surface area contributed by atoms with Crippen LogP contribution in [0.25, 0.3) is 0 Å². The minimum Gasteiger partial charge on any atom is -0.310 e. The molecule has 0 aromatic carbocycles. The number of aromatic nitrogens is 2. The Labute approximate surface area is 132 Å². The Morgan fingerprint density at radius 1 is 1.33 bits per heavy atom. The molecule has 2 aromatic rings. The molecule has 6 nitrogen and oxygen atoms in total. The van der Waals surface area contributed by atoms with Gasteiger partial charge in [0.25, 0.3) is 10.0 Å². The number of hydrogen-bond donors (Lipinski definition) is 2. The van der Waals surface area contributed by atoms with E-state index < -0.39 is 10.0 Å². The summed E-state index contributed by atoms with van der Waals surface area (Å²) in [6.45, 7) is 6.52. The highest BCUT2D eigenvalue weighted by Crippen LogP contribution is 2.25. The fraction of sp³-hybridized carbons (Fsp3) is 0.500. The fourth-order valence-electron chi connectivity index (χ4n) is 1.60. The number of hydrogen-bond acceptors (Lipinski definition) is 7. The summed E-state index contributed by atoms with van der Waals surface area (Å²) in [6, 6.07) is 1.91. The van der Waals surface area contributed by atoms with E-state index in [-0.39, 0.29) is 0 Å². The van der Waals surface area contributed by atoms with Crippen LogP contribution in [0.5, 0.6) is 0 Å². The van der Waals surface area contributed by atoms with E-state index in [1.165, 1.54) is 22.7 Å². The van der Waals surface area contributed by atoms with Crippen LogP contribution in [0.15, 0.2) is 16.3 Å². The van der Waals surface area contributed by atoms with Crippen LogP contribution in [0.2, 0.25) is 0 Å². The Morgan fingerprint density at radius 3 is 2.71 bits per heavy atom. The van der Waals surface area contributed by atoms with E-state index in [9.17, 15) is 8.42 Å². The van der Waals surface area contributed by atoms with Crippen LogP contribution in [0.4, 0.5) is 5.13 Å². The summed E-state index contributed by atoms with van der Waals surface area (Å²) < 4.78 is 27.4. The maximum absolute atomic E-state index is 12.4. The van der Waals surface area contributed by atoms with Gasteiger partial charge in [-0.05, 0) is 17.9 Å². The van der Waals surface area contributed by atoms with Crippen molar-refractivity contribution < 1.29 is 8.42 Å². The van der Waals surface area contributed by atoms with E-state index in [1.54, 1.807) is 11.4 Å². The lowest BCUT2D eigenvalue weighted by atomic mass is 10.4. The molecule has 116 valence electrons. The van der Waals surface area contributed by atoms with E-state index in [4.69, 9.17) is 0 Å². The van der Waals surface area contributed by atoms with Gasteiger partial charge >= 0.3 is 0 Å². The third kappa shape index (κ3) is 4.22. The van der Waals surface area contributed by atoms with Crippen LogP contribution in [-0.2, 0) is 23.0 Å². The molecule has 2 aromatic heterocycles. The molecule has 2 N–H and O–H groups in total. The summed E-state index contributed by atoms with van der Waals surface area (Å²) in [6.07, 6.45) is 0.738. The van der Waals surface area contributed by atoms with Crippen LogP contribution in [-0.4, -0.2) is 24.7 Å². The van der Waals surface area contributed by atoms with Crippen molar-refractivity contribution in [3.8, 4) is 0 Å². The number of anilines is 1. The van der Waals surface area contributed by atoms with Crippen molar-refractivity contribution in [1.29, 1.82) is 0 Å². The van der Waals surface area contributed by atoms with E-state index >= 15 is 0 Å². The molecule has 2 heterocycles. The topological polar surface area (TPSA) is 84.0 Å². The third-order valence-electron chi connectivity index (χ3n) is 2.66. The predicted molar refractivity (Wildman–Crippen MR) is 86.4 cm³/mol. The monoisotopic (exact) mass is 346 g/mol. The summed E-state index contributed by atoms with van der Waals surface area (Å²) in [7, 11) is -3.62. The van der Waals surface area contributed by atoms with Crippen LogP contribution < -0.4 is 10.0 Å². The highest BCUT2D eigenvalue weighted by molar-refractivity contribution is 7.93. The minimum atomic E-state index is -3.62. The molecule has 0 aliphatic rings. The standard InChI is InChI=1S/C12H18N4O2S3/c1-4-11-14-15-12(20-11)16-21(17,18)10-5-6-19-9(10)7-13-8(2)3/h5-6,8,13H,4,7H2,1-3H3,(H,15,16). The zero-order valence-electron chi connectivity index (χ0n) is 12.1. The van der Waals surface area contributed by atoms with Gasteiger partial charge in [-0.15, -0.1) is 21.5 Å². The van der Waals surface area contributed by atoms with Crippen molar-refractivity contribution in [2.45, 2.75) is 44.7 Å². The fourth-order valence-corrected chi connectivity index (χ4v) is 4.91. The largest absolute Gasteiger partial charge is 0.310 e. The molecule has 0 amide bonds. The van der Waals surface area contributed by atoms with Crippen molar-refractivity contribution in [1.82, 2.24) is 15.5 Å². The van der Waals surface area contributed by atoms with E-state index in [2.05, 4.69) is 20.2 Å². The molecule has 0 fully saturated rings. The average Bonchev–Trinajstić information content (AvgIpc) is 3.04. The summed E-state index contributed by atoms with van der Waals surface area (Å²) >= 11 is 2.68. The Morgan fingerprint density at radius 2 is 2.10 bits per heavy atom. The molecule has 0 aliphatic carbocycles. The van der Waals surface area contributed by atoms with Crippen molar-refractivity contribution in [3.63, 3.8) is 0 Å². The van der Waals surface area contributed by atoms with Crippen LogP contribution in [0.3, 0.4) is 0 Å². The molecule has 0 saturated heterocycles. The lowest BCUT2D eigenvalue weighted by Gasteiger charge is -2.09. The zero-order chi connectivity index (χ0) is 15.5. The summed E-state index contributed by atoms with van der Waals surface area (Å²) in [4.78, 5) is 1.09. The van der Waals surface area contributed by atoms with Gasteiger partial charge in [0.1, 0.15) is 9.90 Å². The zero-order valence-corrected chi connectivity index (χ0v) is 14.5. The molecule has 0 unspecified atom stereocenters. The Bertz CT molecular complexity index is 691. The van der Waals surface area contributed by atoms with Crippen LogP contribution in [0.1, 0.15) is 30.7 Å². The average molecular weight is 347 g/mol. The highest BCUT2D eigenvalue weighted by Gasteiger charge is 2.21. The second kappa shape index (κ2) is 6.82. The highest BCUT2D eigenvalue weighted by atomic mass is 32.2. The maximum atomic E-state index is 12.4. The number of sulfonamides is 1. The molecular weight excluding hydrogens is 328 g/mol. The van der Waals surface area contributed by atoms with Gasteiger partial charge in [0.2, 0.25) is 5.13 Å². The predicted octanol–water partition coefficient (Wildman–Crippen LogP) is 2.46. The molecule has 0 aliphatic heterocycles. The number of nitrogens with one attached hydrogen (secondary N) is 2. The normalized spacial score (nSPS) is 12.0. The summed E-state index contributed by atoms with van der Waals surface area (Å²) in [5.41, 5.74) is 0. The first kappa shape index (κ1) is 16.3. The lowest BCUT2D eigenvalue weighted by Crippen LogP contribution is -2.23. The van der Waals surface area contributed by atoms with Crippen molar-refractivity contribution in [2.75, 3.05) is 4.72 Å². The summed E-state index contributed by atoms with van der Waals surface area (Å²) in [5.74, 6) is 0. The second-order valence-electron chi connectivity index (χ2n) is 4.70.